The molecule has 0 saturated carbocycles. The first-order chi connectivity index (χ1) is 8.70. The largest absolute Gasteiger partial charge is 0.389 e. The van der Waals surface area contributed by atoms with Crippen LogP contribution in [0.25, 0.3) is 0 Å². The van der Waals surface area contributed by atoms with E-state index in [-0.39, 0.29) is 11.5 Å². The fraction of sp³-hybridized carbons (Fsp3) is 0.750. The van der Waals surface area contributed by atoms with Crippen LogP contribution in [0.1, 0.15) is 47.5 Å². The molecule has 0 aromatic carbocycles. The van der Waals surface area contributed by atoms with Crippen molar-refractivity contribution < 1.29 is 14.6 Å². The number of allylic oxidation sites excluding steroid dienone is 2. The van der Waals surface area contributed by atoms with Gasteiger partial charge in [0.15, 0.2) is 5.79 Å². The van der Waals surface area contributed by atoms with Crippen LogP contribution in [0, 0.1) is 5.41 Å². The smallest absolute Gasteiger partial charge is 0.163 e. The summed E-state index contributed by atoms with van der Waals surface area (Å²) in [6, 6.07) is 0. The highest BCUT2D eigenvalue weighted by molar-refractivity contribution is 5.03. The van der Waals surface area contributed by atoms with Crippen LogP contribution in [0.5, 0.6) is 0 Å². The number of rotatable bonds is 6. The first-order valence-corrected chi connectivity index (χ1v) is 6.97. The van der Waals surface area contributed by atoms with Crippen molar-refractivity contribution in [3.8, 4) is 0 Å². The summed E-state index contributed by atoms with van der Waals surface area (Å²) < 4.78 is 11.3. The van der Waals surface area contributed by atoms with Gasteiger partial charge in [0.05, 0.1) is 12.7 Å². The number of hydrogen-bond donors (Lipinski definition) is 1. The zero-order valence-electron chi connectivity index (χ0n) is 12.9. The van der Waals surface area contributed by atoms with Gasteiger partial charge in [-0.15, -0.1) is 6.58 Å². The first kappa shape index (κ1) is 16.4. The van der Waals surface area contributed by atoms with E-state index in [1.807, 2.05) is 26.8 Å². The fourth-order valence-electron chi connectivity index (χ4n) is 2.34. The van der Waals surface area contributed by atoms with Crippen LogP contribution >= 0.6 is 0 Å². The summed E-state index contributed by atoms with van der Waals surface area (Å²) in [6.45, 7) is 14.2. The lowest BCUT2D eigenvalue weighted by Crippen LogP contribution is -2.42. The van der Waals surface area contributed by atoms with Crippen molar-refractivity contribution in [3.63, 3.8) is 0 Å². The van der Waals surface area contributed by atoms with E-state index in [9.17, 15) is 5.11 Å². The minimum Gasteiger partial charge on any atom is -0.389 e. The molecule has 0 bridgehead atoms. The molecule has 19 heavy (non-hydrogen) atoms. The molecule has 0 amide bonds. The molecule has 0 spiro atoms. The predicted molar refractivity (Wildman–Crippen MR) is 77.9 cm³/mol. The number of hydrogen-bond acceptors (Lipinski definition) is 3. The summed E-state index contributed by atoms with van der Waals surface area (Å²) >= 11 is 0. The van der Waals surface area contributed by atoms with Gasteiger partial charge in [-0.25, -0.2) is 0 Å². The molecule has 0 aromatic rings. The molecule has 1 aliphatic rings. The second-order valence-corrected chi connectivity index (χ2v) is 6.34. The lowest BCUT2D eigenvalue weighted by molar-refractivity contribution is -0.159. The van der Waals surface area contributed by atoms with Crippen LogP contribution in [0.2, 0.25) is 0 Å². The molecule has 3 nitrogen and oxygen atoms in total. The maximum Gasteiger partial charge on any atom is 0.163 e. The summed E-state index contributed by atoms with van der Waals surface area (Å²) in [5.41, 5.74) is 0.933. The molecule has 1 rings (SSSR count). The maximum atomic E-state index is 10.6. The van der Waals surface area contributed by atoms with E-state index in [0.29, 0.717) is 6.61 Å². The fourth-order valence-corrected chi connectivity index (χ4v) is 2.34. The van der Waals surface area contributed by atoms with Gasteiger partial charge < -0.3 is 14.6 Å². The van der Waals surface area contributed by atoms with E-state index in [2.05, 4.69) is 26.5 Å². The summed E-state index contributed by atoms with van der Waals surface area (Å²) in [7, 11) is 0. The number of aliphatic hydroxyl groups is 1. The Hall–Kier alpha value is -0.640. The summed E-state index contributed by atoms with van der Waals surface area (Å²) in [6.07, 6.45) is 4.92. The topological polar surface area (TPSA) is 38.7 Å². The van der Waals surface area contributed by atoms with E-state index < -0.39 is 11.9 Å². The van der Waals surface area contributed by atoms with E-state index in [0.717, 1.165) is 12.8 Å². The molecule has 3 atom stereocenters. The highest BCUT2D eigenvalue weighted by Crippen LogP contribution is 2.36. The maximum absolute atomic E-state index is 10.6. The Kier molecular flexibility index (Phi) is 5.36. The molecule has 0 aliphatic carbocycles. The van der Waals surface area contributed by atoms with E-state index in [4.69, 9.17) is 9.47 Å². The van der Waals surface area contributed by atoms with Gasteiger partial charge in [-0.3, -0.25) is 0 Å². The molecule has 3 heteroatoms. The van der Waals surface area contributed by atoms with Crippen molar-refractivity contribution in [1.29, 1.82) is 0 Å². The van der Waals surface area contributed by atoms with Crippen molar-refractivity contribution in [2.24, 2.45) is 5.41 Å². The monoisotopic (exact) mass is 268 g/mol. The molecular formula is C16H28O3. The van der Waals surface area contributed by atoms with Crippen LogP contribution in [0.3, 0.4) is 0 Å². The number of ether oxygens (including phenoxy) is 2. The Morgan fingerprint density at radius 2 is 2.16 bits per heavy atom. The quantitative estimate of drug-likeness (QED) is 0.750. The number of aliphatic hydroxyl groups excluding tert-OH is 1. The average molecular weight is 268 g/mol. The van der Waals surface area contributed by atoms with Crippen LogP contribution < -0.4 is 0 Å². The minimum absolute atomic E-state index is 0.287. The lowest BCUT2D eigenvalue weighted by atomic mass is 9.77. The van der Waals surface area contributed by atoms with E-state index in [1.165, 1.54) is 5.57 Å². The van der Waals surface area contributed by atoms with Crippen molar-refractivity contribution in [3.05, 3.63) is 24.3 Å². The van der Waals surface area contributed by atoms with Crippen LogP contribution in [-0.4, -0.2) is 29.7 Å². The molecule has 1 fully saturated rings. The van der Waals surface area contributed by atoms with Crippen LogP contribution in [0.15, 0.2) is 24.3 Å². The zero-order chi connectivity index (χ0) is 14.7. The van der Waals surface area contributed by atoms with Crippen molar-refractivity contribution in [2.75, 3.05) is 6.61 Å². The average Bonchev–Trinajstić information content (AvgIpc) is 2.68. The molecule has 1 saturated heterocycles. The van der Waals surface area contributed by atoms with E-state index >= 15 is 0 Å². The Bertz CT molecular complexity index is 342. The van der Waals surface area contributed by atoms with E-state index in [1.54, 1.807) is 0 Å². The second kappa shape index (κ2) is 6.21. The van der Waals surface area contributed by atoms with Crippen molar-refractivity contribution in [2.45, 2.75) is 65.5 Å². The molecule has 0 radical (unpaired) electrons. The molecule has 1 aliphatic heterocycles. The van der Waals surface area contributed by atoms with Gasteiger partial charge in [0.2, 0.25) is 0 Å². The van der Waals surface area contributed by atoms with Crippen molar-refractivity contribution >= 4 is 0 Å². The molecule has 1 heterocycles. The van der Waals surface area contributed by atoms with Crippen LogP contribution in [-0.2, 0) is 9.47 Å². The SMILES string of the molecule is C=C[C@](C)(CCC=C(C)C)[C@@H](O)[C@@H]1COC(C)(C)O1. The zero-order valence-corrected chi connectivity index (χ0v) is 12.9. The Labute approximate surface area is 117 Å². The third kappa shape index (κ3) is 4.44. The van der Waals surface area contributed by atoms with Crippen molar-refractivity contribution in [1.82, 2.24) is 0 Å². The first-order valence-electron chi connectivity index (χ1n) is 6.97. The second-order valence-electron chi connectivity index (χ2n) is 6.34. The standard InChI is InChI=1S/C16H28O3/c1-7-16(6,10-8-9-12(2)3)14(17)13-11-18-15(4,5)19-13/h7,9,13-14,17H,1,8,10-11H2,2-6H3/t13-,14-,16+/m0/s1. The molecular weight excluding hydrogens is 240 g/mol. The summed E-state index contributed by atoms with van der Waals surface area (Å²) in [5.74, 6) is -0.604. The normalized spacial score (nSPS) is 26.5. The van der Waals surface area contributed by atoms with Crippen LogP contribution in [0.4, 0.5) is 0 Å². The minimum atomic E-state index is -0.604. The molecule has 110 valence electrons. The molecule has 0 unspecified atom stereocenters. The third-order valence-electron chi connectivity index (χ3n) is 3.76. The lowest BCUT2D eigenvalue weighted by Gasteiger charge is -2.34. The third-order valence-corrected chi connectivity index (χ3v) is 3.76. The summed E-state index contributed by atoms with van der Waals surface area (Å²) in [5, 5.41) is 10.6. The van der Waals surface area contributed by atoms with Gasteiger partial charge in [-0.1, -0.05) is 24.6 Å². The van der Waals surface area contributed by atoms with Gasteiger partial charge in [0, 0.05) is 5.41 Å². The predicted octanol–water partition coefficient (Wildman–Crippen LogP) is 3.44. The highest BCUT2D eigenvalue weighted by Gasteiger charge is 2.43. The Morgan fingerprint density at radius 1 is 1.53 bits per heavy atom. The van der Waals surface area contributed by atoms with Gasteiger partial charge in [-0.05, 0) is 40.5 Å². The Morgan fingerprint density at radius 3 is 2.58 bits per heavy atom. The highest BCUT2D eigenvalue weighted by atomic mass is 16.7. The van der Waals surface area contributed by atoms with Gasteiger partial charge in [0.25, 0.3) is 0 Å². The van der Waals surface area contributed by atoms with Gasteiger partial charge >= 0.3 is 0 Å². The summed E-state index contributed by atoms with van der Waals surface area (Å²) in [4.78, 5) is 0. The Balaban J connectivity index is 2.67. The molecule has 1 N–H and O–H groups in total. The van der Waals surface area contributed by atoms with Gasteiger partial charge in [0.1, 0.15) is 6.10 Å². The van der Waals surface area contributed by atoms with Gasteiger partial charge in [-0.2, -0.15) is 0 Å². The molecule has 0 aromatic heterocycles.